The standard InChI is InChI=1S/C26H22FN5OS/c1-14-6-5-7-22(16(14)3)31-15(2)12-19(17(31)4)13-21-23(28)32-26(29-24(21)33)34-25(30-32)18-8-10-20(27)11-9-18/h5-13,28H,1-4H3/b21-13+,28-23?. The minimum atomic E-state index is -0.476. The van der Waals surface area contributed by atoms with Crippen LogP contribution in [0.4, 0.5) is 4.39 Å². The Morgan fingerprint density at radius 2 is 1.79 bits per heavy atom. The van der Waals surface area contributed by atoms with E-state index in [1.807, 2.05) is 26.0 Å². The second-order valence-corrected chi connectivity index (χ2v) is 9.27. The van der Waals surface area contributed by atoms with E-state index < -0.39 is 5.91 Å². The second-order valence-electron chi connectivity index (χ2n) is 8.31. The van der Waals surface area contributed by atoms with Gasteiger partial charge in [-0.05, 0) is 98.6 Å². The summed E-state index contributed by atoms with van der Waals surface area (Å²) in [5.41, 5.74) is 7.22. The Kier molecular flexibility index (Phi) is 5.32. The summed E-state index contributed by atoms with van der Waals surface area (Å²) in [4.78, 5) is 17.0. The fourth-order valence-electron chi connectivity index (χ4n) is 4.14. The van der Waals surface area contributed by atoms with Gasteiger partial charge in [0.1, 0.15) is 10.9 Å². The number of benzene rings is 2. The molecule has 2 aliphatic rings. The zero-order chi connectivity index (χ0) is 24.1. The summed E-state index contributed by atoms with van der Waals surface area (Å²) >= 11 is 1.19. The highest BCUT2D eigenvalue weighted by Crippen LogP contribution is 2.32. The van der Waals surface area contributed by atoms with E-state index in [9.17, 15) is 9.18 Å². The van der Waals surface area contributed by atoms with Crippen molar-refractivity contribution in [1.82, 2.24) is 9.58 Å². The van der Waals surface area contributed by atoms with Crippen LogP contribution in [0, 0.1) is 38.9 Å². The number of nitrogens with zero attached hydrogens (tertiary/aromatic N) is 4. The minimum absolute atomic E-state index is 0.0313. The molecule has 6 nitrogen and oxygen atoms in total. The number of rotatable bonds is 3. The number of hydrogen-bond acceptors (Lipinski definition) is 4. The van der Waals surface area contributed by atoms with Gasteiger partial charge >= 0.3 is 0 Å². The molecule has 0 aliphatic carbocycles. The number of carbonyl (C=O) groups is 1. The van der Waals surface area contributed by atoms with Crippen molar-refractivity contribution in [1.29, 1.82) is 5.41 Å². The quantitative estimate of drug-likeness (QED) is 0.512. The van der Waals surface area contributed by atoms with Crippen molar-refractivity contribution in [2.75, 3.05) is 0 Å². The first-order chi connectivity index (χ1) is 16.2. The molecule has 0 spiro atoms. The van der Waals surface area contributed by atoms with E-state index >= 15 is 0 Å². The Balaban J connectivity index is 1.52. The monoisotopic (exact) mass is 471 g/mol. The van der Waals surface area contributed by atoms with E-state index in [0.717, 1.165) is 22.6 Å². The zero-order valence-electron chi connectivity index (χ0n) is 19.2. The molecule has 0 atom stereocenters. The molecule has 0 fully saturated rings. The minimum Gasteiger partial charge on any atom is -0.318 e. The summed E-state index contributed by atoms with van der Waals surface area (Å²) in [6, 6.07) is 14.1. The third-order valence-corrected chi connectivity index (χ3v) is 7.09. The molecule has 5 rings (SSSR count). The SMILES string of the molecule is Cc1cccc(-n2c(C)cc(/C=C3\C(=N)N4N=C(c5ccc(F)cc5)SC4=NC3=O)c2C)c1C. The number of fused-ring (bicyclic) bond motifs is 1. The summed E-state index contributed by atoms with van der Waals surface area (Å²) < 4.78 is 15.4. The van der Waals surface area contributed by atoms with Gasteiger partial charge in [-0.1, -0.05) is 12.1 Å². The highest BCUT2D eigenvalue weighted by atomic mass is 32.2. The maximum Gasteiger partial charge on any atom is 0.283 e. The van der Waals surface area contributed by atoms with Crippen LogP contribution < -0.4 is 0 Å². The Morgan fingerprint density at radius 1 is 1.06 bits per heavy atom. The van der Waals surface area contributed by atoms with Crippen LogP contribution in [0.25, 0.3) is 11.8 Å². The summed E-state index contributed by atoms with van der Waals surface area (Å²) in [5, 5.41) is 15.4. The van der Waals surface area contributed by atoms with Gasteiger partial charge in [0.25, 0.3) is 5.91 Å². The molecule has 1 N–H and O–H groups in total. The summed E-state index contributed by atoms with van der Waals surface area (Å²) in [7, 11) is 0. The first-order valence-corrected chi connectivity index (χ1v) is 11.6. The normalized spacial score (nSPS) is 16.7. The molecule has 8 heteroatoms. The van der Waals surface area contributed by atoms with Crippen LogP contribution in [0.1, 0.15) is 33.6 Å². The molecule has 0 saturated heterocycles. The fourth-order valence-corrected chi connectivity index (χ4v) is 5.04. The molecule has 0 saturated carbocycles. The van der Waals surface area contributed by atoms with Gasteiger partial charge in [-0.15, -0.1) is 0 Å². The number of nitrogens with one attached hydrogen (secondary N) is 1. The molecule has 2 aromatic carbocycles. The number of aliphatic imine (C=N–C) groups is 1. The number of hydrogen-bond donors (Lipinski definition) is 1. The van der Waals surface area contributed by atoms with E-state index in [1.54, 1.807) is 18.2 Å². The summed E-state index contributed by atoms with van der Waals surface area (Å²) in [6.07, 6.45) is 1.71. The van der Waals surface area contributed by atoms with Crippen molar-refractivity contribution in [2.45, 2.75) is 27.7 Å². The van der Waals surface area contributed by atoms with E-state index in [-0.39, 0.29) is 17.2 Å². The number of amides is 1. The van der Waals surface area contributed by atoms with Crippen molar-refractivity contribution < 1.29 is 9.18 Å². The van der Waals surface area contributed by atoms with Crippen molar-refractivity contribution >= 4 is 39.8 Å². The molecule has 1 aromatic heterocycles. The van der Waals surface area contributed by atoms with Crippen LogP contribution in [0.15, 0.2) is 64.2 Å². The number of aryl methyl sites for hydroxylation is 2. The van der Waals surface area contributed by atoms with Gasteiger partial charge in [0.15, 0.2) is 5.84 Å². The lowest BCUT2D eigenvalue weighted by molar-refractivity contribution is -0.114. The molecule has 1 amide bonds. The molecule has 0 bridgehead atoms. The van der Waals surface area contributed by atoms with Gasteiger partial charge in [-0.2, -0.15) is 15.1 Å². The number of carbonyl (C=O) groups excluding carboxylic acids is 1. The van der Waals surface area contributed by atoms with Crippen molar-refractivity contribution in [3.63, 3.8) is 0 Å². The molecule has 170 valence electrons. The van der Waals surface area contributed by atoms with Crippen LogP contribution >= 0.6 is 11.8 Å². The Labute approximate surface area is 201 Å². The van der Waals surface area contributed by atoms with E-state index in [4.69, 9.17) is 5.41 Å². The first-order valence-electron chi connectivity index (χ1n) is 10.8. The fraction of sp³-hybridized carbons (Fsp3) is 0.154. The summed E-state index contributed by atoms with van der Waals surface area (Å²) in [5.74, 6) is -0.846. The molecule has 34 heavy (non-hydrogen) atoms. The lowest BCUT2D eigenvalue weighted by Gasteiger charge is -2.20. The third-order valence-electron chi connectivity index (χ3n) is 6.13. The molecule has 2 aliphatic heterocycles. The molecule has 0 radical (unpaired) electrons. The number of hydrazone groups is 1. The number of halogens is 1. The van der Waals surface area contributed by atoms with Gasteiger partial charge in [-0.25, -0.2) is 4.39 Å². The molecule has 0 unspecified atom stereocenters. The Bertz CT molecular complexity index is 1460. The van der Waals surface area contributed by atoms with Crippen molar-refractivity contribution in [3.05, 3.63) is 93.6 Å². The van der Waals surface area contributed by atoms with E-state index in [1.165, 1.54) is 40.0 Å². The number of amidine groups is 2. The second kappa shape index (κ2) is 8.22. The average molecular weight is 472 g/mol. The highest BCUT2D eigenvalue weighted by Gasteiger charge is 2.36. The maximum atomic E-state index is 13.3. The van der Waals surface area contributed by atoms with Gasteiger partial charge in [0, 0.05) is 22.6 Å². The molecular weight excluding hydrogens is 449 g/mol. The van der Waals surface area contributed by atoms with Crippen molar-refractivity contribution in [2.24, 2.45) is 10.1 Å². The van der Waals surface area contributed by atoms with Gasteiger partial charge in [-0.3, -0.25) is 10.2 Å². The lowest BCUT2D eigenvalue weighted by Crippen LogP contribution is -2.35. The van der Waals surface area contributed by atoms with Gasteiger partial charge in [0.2, 0.25) is 5.17 Å². The Hall–Kier alpha value is -3.78. The predicted molar refractivity (Wildman–Crippen MR) is 135 cm³/mol. The van der Waals surface area contributed by atoms with E-state index in [0.29, 0.717) is 15.8 Å². The van der Waals surface area contributed by atoms with Gasteiger partial charge < -0.3 is 4.57 Å². The van der Waals surface area contributed by atoms with Crippen LogP contribution in [-0.4, -0.2) is 31.5 Å². The van der Waals surface area contributed by atoms with Gasteiger partial charge in [0.05, 0.1) is 5.57 Å². The highest BCUT2D eigenvalue weighted by molar-refractivity contribution is 8.27. The van der Waals surface area contributed by atoms with Crippen molar-refractivity contribution in [3.8, 4) is 5.69 Å². The van der Waals surface area contributed by atoms with E-state index in [2.05, 4.69) is 40.6 Å². The van der Waals surface area contributed by atoms with Crippen LogP contribution in [-0.2, 0) is 4.79 Å². The van der Waals surface area contributed by atoms with Crippen LogP contribution in [0.3, 0.4) is 0 Å². The number of aromatic nitrogens is 1. The third kappa shape index (κ3) is 3.60. The molecule has 3 aromatic rings. The topological polar surface area (TPSA) is 73.8 Å². The molecule has 3 heterocycles. The largest absolute Gasteiger partial charge is 0.318 e. The molecular formula is C26H22FN5OS. The average Bonchev–Trinajstić information content (AvgIpc) is 3.34. The first kappa shape index (κ1) is 22.0. The smallest absolute Gasteiger partial charge is 0.283 e. The number of thioether (sulfide) groups is 1. The lowest BCUT2D eigenvalue weighted by atomic mass is 10.1. The van der Waals surface area contributed by atoms with Crippen LogP contribution in [0.2, 0.25) is 0 Å². The van der Waals surface area contributed by atoms with Crippen LogP contribution in [0.5, 0.6) is 0 Å². The predicted octanol–water partition coefficient (Wildman–Crippen LogP) is 5.52. The maximum absolute atomic E-state index is 13.3. The Morgan fingerprint density at radius 3 is 2.53 bits per heavy atom. The summed E-state index contributed by atoms with van der Waals surface area (Å²) in [6.45, 7) is 8.21. The zero-order valence-corrected chi connectivity index (χ0v) is 20.0.